The molecule has 35 heavy (non-hydrogen) atoms. The van der Waals surface area contributed by atoms with E-state index in [0.717, 1.165) is 11.1 Å². The molecule has 3 heterocycles. The maximum atomic E-state index is 14.2. The van der Waals surface area contributed by atoms with Crippen LogP contribution in [0.5, 0.6) is 11.5 Å². The van der Waals surface area contributed by atoms with Gasteiger partial charge in [0.15, 0.2) is 22.5 Å². The number of carbonyl (C=O) groups excluding carboxylic acids is 1. The molecule has 0 bridgehead atoms. The average molecular weight is 494 g/mol. The number of para-hydroxylation sites is 1. The Morgan fingerprint density at radius 2 is 1.97 bits per heavy atom. The SMILES string of the molecule is COc1cccc(C2CC(=O)Nc3c2c(C)nn3-c2ccc(Cl)nn2)c1OCc1ccccc1F. The van der Waals surface area contributed by atoms with E-state index in [1.807, 2.05) is 19.1 Å². The highest BCUT2D eigenvalue weighted by molar-refractivity contribution is 6.29. The Balaban J connectivity index is 1.59. The number of hydrogen-bond donors (Lipinski definition) is 1. The van der Waals surface area contributed by atoms with Crippen molar-refractivity contribution in [2.75, 3.05) is 12.4 Å². The van der Waals surface area contributed by atoms with Crippen molar-refractivity contribution in [1.82, 2.24) is 20.0 Å². The lowest BCUT2D eigenvalue weighted by Gasteiger charge is -2.26. The number of nitrogens with zero attached hydrogens (tertiary/aromatic N) is 4. The monoisotopic (exact) mass is 493 g/mol. The summed E-state index contributed by atoms with van der Waals surface area (Å²) in [5, 5.41) is 15.8. The first-order valence-corrected chi connectivity index (χ1v) is 11.3. The zero-order valence-electron chi connectivity index (χ0n) is 19.0. The van der Waals surface area contributed by atoms with E-state index in [1.54, 1.807) is 36.4 Å². The number of carbonyl (C=O) groups is 1. The fourth-order valence-corrected chi connectivity index (χ4v) is 4.39. The summed E-state index contributed by atoms with van der Waals surface area (Å²) in [6.07, 6.45) is 0.176. The molecule has 0 radical (unpaired) electrons. The topological polar surface area (TPSA) is 91.2 Å². The second kappa shape index (κ2) is 9.34. The molecule has 0 aliphatic carbocycles. The summed E-state index contributed by atoms with van der Waals surface area (Å²) in [6.45, 7) is 1.87. The number of amides is 1. The molecule has 0 saturated carbocycles. The zero-order valence-corrected chi connectivity index (χ0v) is 19.7. The first-order valence-electron chi connectivity index (χ1n) is 10.9. The van der Waals surface area contributed by atoms with E-state index >= 15 is 0 Å². The third-order valence-electron chi connectivity index (χ3n) is 5.87. The van der Waals surface area contributed by atoms with Crippen molar-refractivity contribution in [2.45, 2.75) is 25.9 Å². The van der Waals surface area contributed by atoms with Gasteiger partial charge in [0.2, 0.25) is 5.91 Å². The van der Waals surface area contributed by atoms with Crippen LogP contribution in [0.3, 0.4) is 0 Å². The smallest absolute Gasteiger partial charge is 0.226 e. The van der Waals surface area contributed by atoms with Crippen LogP contribution in [-0.2, 0) is 11.4 Å². The highest BCUT2D eigenvalue weighted by Gasteiger charge is 2.35. The number of nitrogens with one attached hydrogen (secondary N) is 1. The van der Waals surface area contributed by atoms with Gasteiger partial charge in [0.05, 0.1) is 12.8 Å². The Kier molecular flexibility index (Phi) is 6.08. The second-order valence-electron chi connectivity index (χ2n) is 8.04. The Hall–Kier alpha value is -3.98. The van der Waals surface area contributed by atoms with Gasteiger partial charge < -0.3 is 14.8 Å². The van der Waals surface area contributed by atoms with E-state index in [1.165, 1.54) is 17.9 Å². The van der Waals surface area contributed by atoms with Crippen molar-refractivity contribution in [3.63, 3.8) is 0 Å². The van der Waals surface area contributed by atoms with Gasteiger partial charge in [-0.25, -0.2) is 4.39 Å². The number of benzene rings is 2. The quantitative estimate of drug-likeness (QED) is 0.414. The molecule has 1 aliphatic heterocycles. The summed E-state index contributed by atoms with van der Waals surface area (Å²) in [4.78, 5) is 12.8. The van der Waals surface area contributed by atoms with Crippen LogP contribution in [0.2, 0.25) is 5.15 Å². The van der Waals surface area contributed by atoms with Gasteiger partial charge in [-0.2, -0.15) is 9.78 Å². The number of aromatic nitrogens is 4. The maximum absolute atomic E-state index is 14.2. The van der Waals surface area contributed by atoms with E-state index in [2.05, 4.69) is 20.6 Å². The van der Waals surface area contributed by atoms with E-state index < -0.39 is 0 Å². The van der Waals surface area contributed by atoms with Crippen LogP contribution in [-0.4, -0.2) is 33.0 Å². The molecular weight excluding hydrogens is 473 g/mol. The van der Waals surface area contributed by atoms with Gasteiger partial charge in [-0.15, -0.1) is 10.2 Å². The third-order valence-corrected chi connectivity index (χ3v) is 6.07. The molecule has 1 unspecified atom stereocenters. The fourth-order valence-electron chi connectivity index (χ4n) is 4.29. The Labute approximate surface area is 205 Å². The minimum atomic E-state index is -0.376. The Bertz CT molecular complexity index is 1410. The van der Waals surface area contributed by atoms with Gasteiger partial charge in [0.1, 0.15) is 18.2 Å². The molecule has 4 aromatic rings. The number of aryl methyl sites for hydroxylation is 1. The first-order chi connectivity index (χ1) is 17.0. The normalized spacial score (nSPS) is 14.9. The molecule has 1 amide bonds. The predicted molar refractivity (Wildman–Crippen MR) is 128 cm³/mol. The number of rotatable bonds is 6. The number of fused-ring (bicyclic) bond motifs is 1. The Morgan fingerprint density at radius 3 is 2.71 bits per heavy atom. The van der Waals surface area contributed by atoms with Crippen molar-refractivity contribution in [1.29, 1.82) is 0 Å². The number of anilines is 1. The molecule has 5 rings (SSSR count). The molecular formula is C25H21ClFN5O3. The zero-order chi connectivity index (χ0) is 24.5. The van der Waals surface area contributed by atoms with Crippen LogP contribution < -0.4 is 14.8 Å². The fraction of sp³-hybridized carbons (Fsp3) is 0.200. The third kappa shape index (κ3) is 4.30. The molecule has 1 N–H and O–H groups in total. The summed E-state index contributed by atoms with van der Waals surface area (Å²) < 4.78 is 27.4. The summed E-state index contributed by atoms with van der Waals surface area (Å²) in [7, 11) is 1.54. The molecule has 2 aromatic carbocycles. The number of halogens is 2. The lowest BCUT2D eigenvalue weighted by atomic mass is 9.85. The molecule has 1 atom stereocenters. The lowest BCUT2D eigenvalue weighted by molar-refractivity contribution is -0.116. The van der Waals surface area contributed by atoms with Gasteiger partial charge in [0, 0.05) is 29.0 Å². The van der Waals surface area contributed by atoms with Gasteiger partial charge in [-0.1, -0.05) is 41.9 Å². The van der Waals surface area contributed by atoms with Crippen LogP contribution >= 0.6 is 11.6 Å². The van der Waals surface area contributed by atoms with Crippen LogP contribution in [0.1, 0.15) is 34.7 Å². The minimum absolute atomic E-state index is 0.00439. The van der Waals surface area contributed by atoms with Crippen LogP contribution in [0.15, 0.2) is 54.6 Å². The minimum Gasteiger partial charge on any atom is -0.493 e. The van der Waals surface area contributed by atoms with E-state index in [0.29, 0.717) is 34.4 Å². The van der Waals surface area contributed by atoms with Gasteiger partial charge in [-0.3, -0.25) is 4.79 Å². The predicted octanol–water partition coefficient (Wildman–Crippen LogP) is 4.82. The number of ether oxygens (including phenoxy) is 2. The summed E-state index contributed by atoms with van der Waals surface area (Å²) in [6, 6.07) is 15.2. The van der Waals surface area contributed by atoms with Crippen molar-refractivity contribution in [3.8, 4) is 17.3 Å². The molecule has 0 fully saturated rings. The molecule has 2 aromatic heterocycles. The highest BCUT2D eigenvalue weighted by Crippen LogP contribution is 2.46. The standard InChI is InChI=1S/C25H21ClFN5O3/c1-14-23-17(12-22(33)28-25(23)32(31-14)21-11-10-20(26)29-30-21)16-7-5-9-19(34-2)24(16)35-13-15-6-3-4-8-18(15)27/h3-11,17H,12-13H2,1-2H3,(H,28,33). The summed E-state index contributed by atoms with van der Waals surface area (Å²) in [5.74, 6) is 0.934. The van der Waals surface area contributed by atoms with Crippen LogP contribution in [0.4, 0.5) is 10.2 Å². The largest absolute Gasteiger partial charge is 0.493 e. The molecule has 10 heteroatoms. The van der Waals surface area contributed by atoms with Gasteiger partial charge in [0.25, 0.3) is 0 Å². The first kappa shape index (κ1) is 22.8. The van der Waals surface area contributed by atoms with E-state index in [-0.39, 0.29) is 35.8 Å². The van der Waals surface area contributed by atoms with Crippen molar-refractivity contribution in [3.05, 3.63) is 88.0 Å². The molecule has 8 nitrogen and oxygen atoms in total. The van der Waals surface area contributed by atoms with E-state index in [4.69, 9.17) is 21.1 Å². The van der Waals surface area contributed by atoms with Crippen LogP contribution in [0.25, 0.3) is 5.82 Å². The van der Waals surface area contributed by atoms with Crippen molar-refractivity contribution >= 4 is 23.3 Å². The van der Waals surface area contributed by atoms with E-state index in [9.17, 15) is 9.18 Å². The number of methoxy groups -OCH3 is 1. The summed E-state index contributed by atoms with van der Waals surface area (Å²) >= 11 is 5.88. The van der Waals surface area contributed by atoms with Gasteiger partial charge in [-0.05, 0) is 31.2 Å². The van der Waals surface area contributed by atoms with Gasteiger partial charge >= 0.3 is 0 Å². The highest BCUT2D eigenvalue weighted by atomic mass is 35.5. The maximum Gasteiger partial charge on any atom is 0.226 e. The number of hydrogen-bond acceptors (Lipinski definition) is 6. The Morgan fingerprint density at radius 1 is 1.14 bits per heavy atom. The lowest BCUT2D eigenvalue weighted by Crippen LogP contribution is -2.25. The van der Waals surface area contributed by atoms with Crippen molar-refractivity contribution in [2.24, 2.45) is 0 Å². The molecule has 178 valence electrons. The average Bonchev–Trinajstić information content (AvgIpc) is 3.19. The van der Waals surface area contributed by atoms with Crippen LogP contribution in [0, 0.1) is 12.7 Å². The molecule has 0 spiro atoms. The van der Waals surface area contributed by atoms with Crippen molar-refractivity contribution < 1.29 is 18.7 Å². The summed E-state index contributed by atoms with van der Waals surface area (Å²) in [5.41, 5.74) is 2.69. The second-order valence-corrected chi connectivity index (χ2v) is 8.42. The molecule has 0 saturated heterocycles. The molecule has 1 aliphatic rings.